The Morgan fingerprint density at radius 1 is 1.44 bits per heavy atom. The van der Waals surface area contributed by atoms with Crippen molar-refractivity contribution in [3.05, 3.63) is 35.4 Å². The van der Waals surface area contributed by atoms with Crippen LogP contribution in [0.4, 0.5) is 8.78 Å². The summed E-state index contributed by atoms with van der Waals surface area (Å²) in [6.45, 7) is 1.48. The number of hydrogen-bond donors (Lipinski definition) is 0. The van der Waals surface area contributed by atoms with Crippen molar-refractivity contribution >= 4 is 16.9 Å². The Balaban J connectivity index is 2.56. The Morgan fingerprint density at radius 3 is 2.88 bits per heavy atom. The molecule has 0 amide bonds. The molecule has 1 rings (SSSR count). The van der Waals surface area contributed by atoms with Crippen LogP contribution in [0, 0.1) is 23.5 Å². The second-order valence-electron chi connectivity index (χ2n) is 3.02. The molecule has 0 atom stereocenters. The highest BCUT2D eigenvalue weighted by Crippen LogP contribution is 2.08. The van der Waals surface area contributed by atoms with E-state index in [1.54, 1.807) is 0 Å². The minimum absolute atomic E-state index is 0.0266. The van der Waals surface area contributed by atoms with Crippen molar-refractivity contribution in [3.8, 4) is 11.8 Å². The summed E-state index contributed by atoms with van der Waals surface area (Å²) < 4.78 is 25.8. The van der Waals surface area contributed by atoms with E-state index in [1.165, 1.54) is 6.92 Å². The number of carbonyl (C=O) groups is 1. The Kier molecular flexibility index (Phi) is 5.00. The Hall–Kier alpha value is -1.34. The third kappa shape index (κ3) is 4.45. The first kappa shape index (κ1) is 12.7. The van der Waals surface area contributed by atoms with Crippen molar-refractivity contribution in [1.29, 1.82) is 0 Å². The monoisotopic (exact) mass is 240 g/mol. The standard InChI is InChI=1S/C12H10F2OS/c1-9(15)16-7-3-2-4-10-8-11(13)5-6-12(10)14/h5-6,8H,3,7H2,1H3. The lowest BCUT2D eigenvalue weighted by Gasteiger charge is -1.93. The number of hydrogen-bond acceptors (Lipinski definition) is 2. The number of rotatable bonds is 2. The van der Waals surface area contributed by atoms with E-state index in [4.69, 9.17) is 0 Å². The molecule has 0 aliphatic carbocycles. The van der Waals surface area contributed by atoms with Gasteiger partial charge in [-0.15, -0.1) is 0 Å². The second kappa shape index (κ2) is 6.29. The average molecular weight is 240 g/mol. The molecule has 0 unspecified atom stereocenters. The highest BCUT2D eigenvalue weighted by molar-refractivity contribution is 8.13. The van der Waals surface area contributed by atoms with E-state index in [1.807, 2.05) is 0 Å². The molecule has 0 aliphatic heterocycles. The second-order valence-corrected chi connectivity index (χ2v) is 4.29. The fourth-order valence-corrected chi connectivity index (χ4v) is 1.49. The van der Waals surface area contributed by atoms with Gasteiger partial charge in [-0.2, -0.15) is 0 Å². The quantitative estimate of drug-likeness (QED) is 0.584. The first-order chi connectivity index (χ1) is 7.59. The minimum atomic E-state index is -0.534. The molecule has 0 N–H and O–H groups in total. The maximum atomic E-state index is 13.1. The third-order valence-electron chi connectivity index (χ3n) is 1.68. The van der Waals surface area contributed by atoms with Crippen LogP contribution in [0.1, 0.15) is 18.9 Å². The van der Waals surface area contributed by atoms with Crippen molar-refractivity contribution in [3.63, 3.8) is 0 Å². The Bertz CT molecular complexity index is 446. The Morgan fingerprint density at radius 2 is 2.19 bits per heavy atom. The van der Waals surface area contributed by atoms with E-state index in [9.17, 15) is 13.6 Å². The summed E-state index contributed by atoms with van der Waals surface area (Å²) in [5.41, 5.74) is 0.0489. The van der Waals surface area contributed by atoms with Gasteiger partial charge in [-0.25, -0.2) is 8.78 Å². The van der Waals surface area contributed by atoms with Crippen LogP contribution >= 0.6 is 11.8 Å². The molecule has 84 valence electrons. The van der Waals surface area contributed by atoms with E-state index < -0.39 is 11.6 Å². The molecular formula is C12H10F2OS. The minimum Gasteiger partial charge on any atom is -0.288 e. The predicted octanol–water partition coefficient (Wildman–Crippen LogP) is 2.99. The van der Waals surface area contributed by atoms with Crippen LogP contribution in [0.2, 0.25) is 0 Å². The van der Waals surface area contributed by atoms with Crippen molar-refractivity contribution < 1.29 is 13.6 Å². The molecule has 16 heavy (non-hydrogen) atoms. The normalized spacial score (nSPS) is 9.44. The molecule has 0 aromatic heterocycles. The largest absolute Gasteiger partial charge is 0.288 e. The SMILES string of the molecule is CC(=O)SCCC#Cc1cc(F)ccc1F. The molecule has 0 saturated heterocycles. The average Bonchev–Trinajstić information content (AvgIpc) is 2.22. The van der Waals surface area contributed by atoms with Gasteiger partial charge in [-0.05, 0) is 18.2 Å². The van der Waals surface area contributed by atoms with Gasteiger partial charge >= 0.3 is 0 Å². The van der Waals surface area contributed by atoms with Crippen LogP contribution in [0.15, 0.2) is 18.2 Å². The van der Waals surface area contributed by atoms with Gasteiger partial charge in [0.1, 0.15) is 11.6 Å². The number of carbonyl (C=O) groups excluding carboxylic acids is 1. The van der Waals surface area contributed by atoms with Crippen molar-refractivity contribution in [2.75, 3.05) is 5.75 Å². The maximum Gasteiger partial charge on any atom is 0.185 e. The van der Waals surface area contributed by atoms with Gasteiger partial charge in [0.25, 0.3) is 0 Å². The van der Waals surface area contributed by atoms with Crippen molar-refractivity contribution in [1.82, 2.24) is 0 Å². The van der Waals surface area contributed by atoms with Gasteiger partial charge in [0.2, 0.25) is 0 Å². The molecule has 1 nitrogen and oxygen atoms in total. The molecule has 1 aromatic carbocycles. The first-order valence-electron chi connectivity index (χ1n) is 4.67. The first-order valence-corrected chi connectivity index (χ1v) is 5.65. The summed E-state index contributed by atoms with van der Waals surface area (Å²) in [6.07, 6.45) is 0.472. The van der Waals surface area contributed by atoms with Gasteiger partial charge in [0.05, 0.1) is 5.56 Å². The van der Waals surface area contributed by atoms with Gasteiger partial charge in [-0.3, -0.25) is 4.79 Å². The molecule has 0 fully saturated rings. The number of thioether (sulfide) groups is 1. The van der Waals surface area contributed by atoms with Crippen LogP contribution in [0.5, 0.6) is 0 Å². The summed E-state index contributed by atoms with van der Waals surface area (Å²) in [5.74, 6) is 4.76. The lowest BCUT2D eigenvalue weighted by Crippen LogP contribution is -1.86. The zero-order valence-corrected chi connectivity index (χ0v) is 9.54. The smallest absolute Gasteiger partial charge is 0.185 e. The molecule has 0 heterocycles. The lowest BCUT2D eigenvalue weighted by atomic mass is 10.2. The van der Waals surface area contributed by atoms with Crippen LogP contribution in [-0.2, 0) is 4.79 Å². The van der Waals surface area contributed by atoms with Crippen molar-refractivity contribution in [2.24, 2.45) is 0 Å². The van der Waals surface area contributed by atoms with Crippen molar-refractivity contribution in [2.45, 2.75) is 13.3 Å². The van der Waals surface area contributed by atoms with E-state index in [0.717, 1.165) is 30.0 Å². The summed E-state index contributed by atoms with van der Waals surface area (Å²) in [7, 11) is 0. The Labute approximate surface area is 97.2 Å². The fraction of sp³-hybridized carbons (Fsp3) is 0.250. The van der Waals surface area contributed by atoms with E-state index in [2.05, 4.69) is 11.8 Å². The van der Waals surface area contributed by atoms with Gasteiger partial charge in [-0.1, -0.05) is 23.6 Å². The zero-order valence-electron chi connectivity index (χ0n) is 8.72. The van der Waals surface area contributed by atoms with Crippen LogP contribution in [0.25, 0.3) is 0 Å². The van der Waals surface area contributed by atoms with Gasteiger partial charge in [0.15, 0.2) is 5.12 Å². The molecule has 0 radical (unpaired) electrons. The molecule has 1 aromatic rings. The molecular weight excluding hydrogens is 230 g/mol. The van der Waals surface area contributed by atoms with Gasteiger partial charge in [0, 0.05) is 19.1 Å². The summed E-state index contributed by atoms with van der Waals surface area (Å²) in [5, 5.41) is 0.0266. The predicted molar refractivity (Wildman–Crippen MR) is 61.0 cm³/mol. The lowest BCUT2D eigenvalue weighted by molar-refractivity contribution is -0.109. The van der Waals surface area contributed by atoms with Gasteiger partial charge < -0.3 is 0 Å². The number of halogens is 2. The fourth-order valence-electron chi connectivity index (χ4n) is 0.997. The van der Waals surface area contributed by atoms with Crippen LogP contribution < -0.4 is 0 Å². The topological polar surface area (TPSA) is 17.1 Å². The molecule has 0 spiro atoms. The number of benzene rings is 1. The molecule has 0 aliphatic rings. The third-order valence-corrected chi connectivity index (χ3v) is 2.50. The van der Waals surface area contributed by atoms with E-state index in [-0.39, 0.29) is 10.7 Å². The summed E-state index contributed by atoms with van der Waals surface area (Å²) in [4.78, 5) is 10.6. The van der Waals surface area contributed by atoms with Crippen LogP contribution in [-0.4, -0.2) is 10.9 Å². The zero-order chi connectivity index (χ0) is 12.0. The van der Waals surface area contributed by atoms with E-state index in [0.29, 0.717) is 12.2 Å². The molecule has 0 bridgehead atoms. The summed E-state index contributed by atoms with van der Waals surface area (Å²) >= 11 is 1.16. The highest BCUT2D eigenvalue weighted by atomic mass is 32.2. The summed E-state index contributed by atoms with van der Waals surface area (Å²) in [6, 6.07) is 3.15. The van der Waals surface area contributed by atoms with E-state index >= 15 is 0 Å². The molecule has 0 saturated carbocycles. The highest BCUT2D eigenvalue weighted by Gasteiger charge is 1.99. The van der Waals surface area contributed by atoms with Crippen LogP contribution in [0.3, 0.4) is 0 Å². The maximum absolute atomic E-state index is 13.1. The molecule has 4 heteroatoms.